The third kappa shape index (κ3) is 4.01. The summed E-state index contributed by atoms with van der Waals surface area (Å²) in [5.41, 5.74) is 1.97. The van der Waals surface area contributed by atoms with E-state index in [2.05, 4.69) is 15.5 Å². The number of phenolic OH excluding ortho intramolecular Hbond substituents is 1. The van der Waals surface area contributed by atoms with Crippen LogP contribution in [0.3, 0.4) is 0 Å². The van der Waals surface area contributed by atoms with E-state index in [1.54, 1.807) is 28.9 Å². The minimum absolute atomic E-state index is 0.211. The number of nitrogens with zero attached hydrogens (tertiary/aromatic N) is 4. The van der Waals surface area contributed by atoms with E-state index in [9.17, 15) is 5.11 Å². The van der Waals surface area contributed by atoms with Gasteiger partial charge in [-0.05, 0) is 59.3 Å². The molecule has 0 saturated carbocycles. The van der Waals surface area contributed by atoms with Gasteiger partial charge in [0.1, 0.15) is 11.5 Å². The first kappa shape index (κ1) is 15.4. The van der Waals surface area contributed by atoms with Crippen molar-refractivity contribution in [2.75, 3.05) is 12.4 Å². The predicted octanol–water partition coefficient (Wildman–Crippen LogP) is 2.85. The van der Waals surface area contributed by atoms with Crippen molar-refractivity contribution in [3.05, 3.63) is 54.1 Å². The van der Waals surface area contributed by atoms with Crippen LogP contribution in [0.4, 0.5) is 0 Å². The minimum Gasteiger partial charge on any atom is -0.508 e. The van der Waals surface area contributed by atoms with E-state index in [4.69, 9.17) is 4.74 Å². The summed E-state index contributed by atoms with van der Waals surface area (Å²) in [4.78, 5) is 0. The molecule has 0 radical (unpaired) electrons. The zero-order chi connectivity index (χ0) is 16.1. The molecule has 3 aromatic rings. The van der Waals surface area contributed by atoms with Gasteiger partial charge >= 0.3 is 0 Å². The minimum atomic E-state index is 0.211. The summed E-state index contributed by atoms with van der Waals surface area (Å²) in [7, 11) is 0. The van der Waals surface area contributed by atoms with Gasteiger partial charge in [-0.3, -0.25) is 0 Å². The van der Waals surface area contributed by atoms with E-state index < -0.39 is 0 Å². The number of hydrogen-bond donors (Lipinski definition) is 1. The molecule has 118 valence electrons. The second kappa shape index (κ2) is 7.15. The quantitative estimate of drug-likeness (QED) is 0.554. The predicted molar refractivity (Wildman–Crippen MR) is 88.2 cm³/mol. The van der Waals surface area contributed by atoms with Crippen LogP contribution in [0.25, 0.3) is 5.69 Å². The lowest BCUT2D eigenvalue weighted by molar-refractivity contribution is 0.343. The summed E-state index contributed by atoms with van der Waals surface area (Å²) in [6, 6.07) is 14.7. The second-order valence-electron chi connectivity index (χ2n) is 4.90. The Morgan fingerprint density at radius 3 is 2.78 bits per heavy atom. The Hall–Kier alpha value is -2.54. The SMILES string of the molecule is Cc1cccc(OCCSc2nnnn2-c2ccc(O)cc2)c1. The largest absolute Gasteiger partial charge is 0.508 e. The number of tetrazole rings is 1. The molecule has 0 amide bonds. The molecule has 2 aromatic carbocycles. The molecule has 0 aliphatic carbocycles. The first-order valence-corrected chi connectivity index (χ1v) is 8.11. The smallest absolute Gasteiger partial charge is 0.214 e. The summed E-state index contributed by atoms with van der Waals surface area (Å²) >= 11 is 1.52. The number of phenols is 1. The number of aromatic nitrogens is 4. The molecular formula is C16H16N4O2S. The lowest BCUT2D eigenvalue weighted by Gasteiger charge is -2.07. The number of benzene rings is 2. The van der Waals surface area contributed by atoms with E-state index in [1.165, 1.54) is 17.3 Å². The molecular weight excluding hydrogens is 312 g/mol. The normalized spacial score (nSPS) is 10.7. The number of ether oxygens (including phenoxy) is 1. The molecule has 1 heterocycles. The topological polar surface area (TPSA) is 73.1 Å². The molecule has 0 fully saturated rings. The lowest BCUT2D eigenvalue weighted by Crippen LogP contribution is -2.03. The molecule has 0 aliphatic heterocycles. The fraction of sp³-hybridized carbons (Fsp3) is 0.188. The Labute approximate surface area is 138 Å². The van der Waals surface area contributed by atoms with E-state index >= 15 is 0 Å². The molecule has 0 aliphatic rings. The average molecular weight is 328 g/mol. The fourth-order valence-corrected chi connectivity index (χ4v) is 2.73. The van der Waals surface area contributed by atoms with Gasteiger partial charge in [0.2, 0.25) is 5.16 Å². The molecule has 0 bridgehead atoms. The van der Waals surface area contributed by atoms with E-state index in [-0.39, 0.29) is 5.75 Å². The van der Waals surface area contributed by atoms with Crippen LogP contribution in [0.5, 0.6) is 11.5 Å². The van der Waals surface area contributed by atoms with Gasteiger partial charge in [0.25, 0.3) is 0 Å². The first-order valence-electron chi connectivity index (χ1n) is 7.12. The van der Waals surface area contributed by atoms with Crippen LogP contribution in [-0.4, -0.2) is 37.7 Å². The van der Waals surface area contributed by atoms with Crippen LogP contribution in [-0.2, 0) is 0 Å². The number of thioether (sulfide) groups is 1. The summed E-state index contributed by atoms with van der Waals surface area (Å²) in [6.07, 6.45) is 0. The highest BCUT2D eigenvalue weighted by atomic mass is 32.2. The van der Waals surface area contributed by atoms with Crippen molar-refractivity contribution in [3.8, 4) is 17.2 Å². The van der Waals surface area contributed by atoms with Crippen molar-refractivity contribution in [2.45, 2.75) is 12.1 Å². The standard InChI is InChI=1S/C16H16N4O2S/c1-12-3-2-4-15(11-12)22-9-10-23-16-17-18-19-20(16)13-5-7-14(21)8-6-13/h2-8,11,21H,9-10H2,1H3. The maximum atomic E-state index is 9.34. The van der Waals surface area contributed by atoms with Gasteiger partial charge < -0.3 is 9.84 Å². The molecule has 1 N–H and O–H groups in total. The van der Waals surface area contributed by atoms with Crippen molar-refractivity contribution >= 4 is 11.8 Å². The Kier molecular flexibility index (Phi) is 4.77. The Balaban J connectivity index is 1.57. The highest BCUT2D eigenvalue weighted by Gasteiger charge is 2.09. The number of aryl methyl sites for hydroxylation is 1. The molecule has 23 heavy (non-hydrogen) atoms. The van der Waals surface area contributed by atoms with Gasteiger partial charge in [0.15, 0.2) is 0 Å². The van der Waals surface area contributed by atoms with Crippen LogP contribution >= 0.6 is 11.8 Å². The van der Waals surface area contributed by atoms with Crippen molar-refractivity contribution in [1.29, 1.82) is 0 Å². The van der Waals surface area contributed by atoms with Crippen molar-refractivity contribution < 1.29 is 9.84 Å². The maximum absolute atomic E-state index is 9.34. The summed E-state index contributed by atoms with van der Waals surface area (Å²) < 4.78 is 7.35. The van der Waals surface area contributed by atoms with Gasteiger partial charge in [0, 0.05) is 5.75 Å². The van der Waals surface area contributed by atoms with Crippen LogP contribution < -0.4 is 4.74 Å². The van der Waals surface area contributed by atoms with Gasteiger partial charge in [-0.2, -0.15) is 4.68 Å². The monoisotopic (exact) mass is 328 g/mol. The molecule has 1 aromatic heterocycles. The average Bonchev–Trinajstić information content (AvgIpc) is 3.01. The Morgan fingerprint density at radius 2 is 2.00 bits per heavy atom. The third-order valence-corrected chi connectivity index (χ3v) is 3.99. The summed E-state index contributed by atoms with van der Waals surface area (Å²) in [5, 5.41) is 21.7. The zero-order valence-corrected chi connectivity index (χ0v) is 13.4. The lowest BCUT2D eigenvalue weighted by atomic mass is 10.2. The Bertz CT molecular complexity index is 774. The van der Waals surface area contributed by atoms with Crippen molar-refractivity contribution in [2.24, 2.45) is 0 Å². The molecule has 7 heteroatoms. The van der Waals surface area contributed by atoms with Crippen LogP contribution in [0.2, 0.25) is 0 Å². The number of hydrogen-bond acceptors (Lipinski definition) is 6. The molecule has 3 rings (SSSR count). The maximum Gasteiger partial charge on any atom is 0.214 e. The van der Waals surface area contributed by atoms with E-state index in [0.717, 1.165) is 17.2 Å². The van der Waals surface area contributed by atoms with E-state index in [0.29, 0.717) is 11.8 Å². The molecule has 6 nitrogen and oxygen atoms in total. The third-order valence-electron chi connectivity index (χ3n) is 3.11. The van der Waals surface area contributed by atoms with E-state index in [1.807, 2.05) is 31.2 Å². The van der Waals surface area contributed by atoms with Gasteiger partial charge in [-0.25, -0.2) is 0 Å². The molecule has 0 saturated heterocycles. The fourth-order valence-electron chi connectivity index (χ4n) is 2.02. The zero-order valence-electron chi connectivity index (χ0n) is 12.6. The van der Waals surface area contributed by atoms with Crippen LogP contribution in [0, 0.1) is 6.92 Å². The highest BCUT2D eigenvalue weighted by molar-refractivity contribution is 7.99. The first-order chi connectivity index (χ1) is 11.2. The molecule has 0 unspecified atom stereocenters. The summed E-state index contributed by atoms with van der Waals surface area (Å²) in [5.74, 6) is 1.80. The van der Waals surface area contributed by atoms with Gasteiger partial charge in [-0.15, -0.1) is 5.10 Å². The summed E-state index contributed by atoms with van der Waals surface area (Å²) in [6.45, 7) is 2.60. The van der Waals surface area contributed by atoms with Crippen LogP contribution in [0.15, 0.2) is 53.7 Å². The molecule has 0 atom stereocenters. The van der Waals surface area contributed by atoms with Crippen molar-refractivity contribution in [3.63, 3.8) is 0 Å². The van der Waals surface area contributed by atoms with Crippen LogP contribution in [0.1, 0.15) is 5.56 Å². The molecule has 0 spiro atoms. The number of rotatable bonds is 6. The second-order valence-corrected chi connectivity index (χ2v) is 5.97. The van der Waals surface area contributed by atoms with Crippen molar-refractivity contribution in [1.82, 2.24) is 20.2 Å². The number of aromatic hydroxyl groups is 1. The van der Waals surface area contributed by atoms with Gasteiger partial charge in [-0.1, -0.05) is 23.9 Å². The van der Waals surface area contributed by atoms with Gasteiger partial charge in [0.05, 0.1) is 12.3 Å². The Morgan fingerprint density at radius 1 is 1.17 bits per heavy atom. The highest BCUT2D eigenvalue weighted by Crippen LogP contribution is 2.20.